The number of amides is 1. The molecule has 17 heavy (non-hydrogen) atoms. The van der Waals surface area contributed by atoms with Crippen LogP contribution in [-0.2, 0) is 0 Å². The summed E-state index contributed by atoms with van der Waals surface area (Å²) in [6.45, 7) is 5.69. The smallest absolute Gasteiger partial charge is 0.253 e. The number of benzene rings is 1. The van der Waals surface area contributed by atoms with Gasteiger partial charge < -0.3 is 10.6 Å². The first-order chi connectivity index (χ1) is 7.69. The van der Waals surface area contributed by atoms with Crippen LogP contribution in [0, 0.1) is 0 Å². The molecule has 96 valence electrons. The molecule has 0 aliphatic heterocycles. The van der Waals surface area contributed by atoms with Gasteiger partial charge in [-0.15, -0.1) is 12.4 Å². The Hall–Kier alpha value is -1.22. The van der Waals surface area contributed by atoms with Crippen molar-refractivity contribution in [3.63, 3.8) is 0 Å². The van der Waals surface area contributed by atoms with Crippen LogP contribution < -0.4 is 5.73 Å². The van der Waals surface area contributed by atoms with E-state index in [1.807, 2.05) is 24.0 Å². The summed E-state index contributed by atoms with van der Waals surface area (Å²) in [5, 5.41) is 0. The minimum absolute atomic E-state index is 0. The maximum Gasteiger partial charge on any atom is 0.253 e. The van der Waals surface area contributed by atoms with Crippen molar-refractivity contribution in [2.24, 2.45) is 0 Å². The summed E-state index contributed by atoms with van der Waals surface area (Å²) >= 11 is 0. The quantitative estimate of drug-likeness (QED) is 0.824. The average Bonchev–Trinajstić information content (AvgIpc) is 2.29. The first kappa shape index (κ1) is 15.8. The molecule has 0 spiro atoms. The van der Waals surface area contributed by atoms with Gasteiger partial charge in [0.15, 0.2) is 0 Å². The van der Waals surface area contributed by atoms with Gasteiger partial charge >= 0.3 is 0 Å². The molecule has 4 heteroatoms. The number of nitrogen functional groups attached to an aromatic ring is 1. The van der Waals surface area contributed by atoms with Crippen LogP contribution in [-0.4, -0.2) is 23.9 Å². The van der Waals surface area contributed by atoms with Crippen molar-refractivity contribution in [3.8, 4) is 0 Å². The molecule has 1 aromatic carbocycles. The fourth-order valence-corrected chi connectivity index (χ4v) is 1.61. The highest BCUT2D eigenvalue weighted by atomic mass is 35.5. The molecule has 1 aromatic rings. The molecule has 0 fully saturated rings. The third kappa shape index (κ3) is 4.65. The number of hydrogen-bond donors (Lipinski definition) is 1. The highest BCUT2D eigenvalue weighted by Gasteiger charge is 2.13. The second kappa shape index (κ2) is 7.96. The Bertz CT molecular complexity index is 355. The summed E-state index contributed by atoms with van der Waals surface area (Å²) in [5.74, 6) is 0.0725. The number of nitrogens with zero attached hydrogens (tertiary/aromatic N) is 1. The Labute approximate surface area is 109 Å². The van der Waals surface area contributed by atoms with E-state index in [9.17, 15) is 4.79 Å². The largest absolute Gasteiger partial charge is 0.399 e. The van der Waals surface area contributed by atoms with Crippen molar-refractivity contribution in [3.05, 3.63) is 29.8 Å². The van der Waals surface area contributed by atoms with Gasteiger partial charge in [0.05, 0.1) is 0 Å². The third-order valence-electron chi connectivity index (χ3n) is 2.58. The molecule has 0 aromatic heterocycles. The highest BCUT2D eigenvalue weighted by molar-refractivity contribution is 5.95. The molecule has 0 heterocycles. The Morgan fingerprint density at radius 1 is 1.35 bits per heavy atom. The molecule has 1 rings (SSSR count). The Morgan fingerprint density at radius 3 is 2.59 bits per heavy atom. The number of carbonyl (C=O) groups is 1. The minimum atomic E-state index is 0. The summed E-state index contributed by atoms with van der Waals surface area (Å²) < 4.78 is 0. The summed E-state index contributed by atoms with van der Waals surface area (Å²) in [6, 6.07) is 7.15. The average molecular weight is 257 g/mol. The number of carbonyl (C=O) groups excluding carboxylic acids is 1. The van der Waals surface area contributed by atoms with E-state index < -0.39 is 0 Å². The van der Waals surface area contributed by atoms with Gasteiger partial charge in [0.1, 0.15) is 0 Å². The van der Waals surface area contributed by atoms with Gasteiger partial charge in [0.25, 0.3) is 5.91 Å². The molecule has 3 nitrogen and oxygen atoms in total. The van der Waals surface area contributed by atoms with Crippen LogP contribution in [0.5, 0.6) is 0 Å². The van der Waals surface area contributed by atoms with Gasteiger partial charge in [-0.05, 0) is 31.5 Å². The van der Waals surface area contributed by atoms with Gasteiger partial charge in [-0.1, -0.05) is 19.4 Å². The maximum absolute atomic E-state index is 12.1. The van der Waals surface area contributed by atoms with Gasteiger partial charge in [0.2, 0.25) is 0 Å². The van der Waals surface area contributed by atoms with Gasteiger partial charge in [-0.2, -0.15) is 0 Å². The van der Waals surface area contributed by atoms with E-state index in [0.717, 1.165) is 25.9 Å². The Kier molecular flexibility index (Phi) is 7.39. The molecular weight excluding hydrogens is 236 g/mol. The van der Waals surface area contributed by atoms with Crippen molar-refractivity contribution >= 4 is 24.0 Å². The molecule has 0 aliphatic carbocycles. The topological polar surface area (TPSA) is 46.3 Å². The van der Waals surface area contributed by atoms with E-state index in [1.54, 1.807) is 12.1 Å². The molecule has 0 aliphatic rings. The number of halogens is 1. The van der Waals surface area contributed by atoms with Crippen LogP contribution in [0.4, 0.5) is 5.69 Å². The lowest BCUT2D eigenvalue weighted by molar-refractivity contribution is 0.0762. The van der Waals surface area contributed by atoms with E-state index in [2.05, 4.69) is 6.92 Å². The molecule has 0 bridgehead atoms. The van der Waals surface area contributed by atoms with E-state index in [4.69, 9.17) is 5.73 Å². The van der Waals surface area contributed by atoms with Crippen LogP contribution in [0.25, 0.3) is 0 Å². The van der Waals surface area contributed by atoms with Gasteiger partial charge in [-0.25, -0.2) is 0 Å². The molecule has 0 unspecified atom stereocenters. The number of nitrogens with two attached hydrogens (primary N) is 1. The SMILES string of the molecule is CCCCN(CC)C(=O)c1cccc(N)c1.Cl. The minimum Gasteiger partial charge on any atom is -0.399 e. The maximum atomic E-state index is 12.1. The standard InChI is InChI=1S/C13H20N2O.ClH/c1-3-5-9-15(4-2)13(16)11-7-6-8-12(14)10-11;/h6-8,10H,3-5,9,14H2,1-2H3;1H. The Morgan fingerprint density at radius 2 is 2.06 bits per heavy atom. The lowest BCUT2D eigenvalue weighted by atomic mass is 10.1. The van der Waals surface area contributed by atoms with E-state index in [0.29, 0.717) is 11.3 Å². The zero-order chi connectivity index (χ0) is 12.0. The zero-order valence-corrected chi connectivity index (χ0v) is 11.3. The van der Waals surface area contributed by atoms with Crippen molar-refractivity contribution in [2.75, 3.05) is 18.8 Å². The number of anilines is 1. The second-order valence-corrected chi connectivity index (χ2v) is 3.86. The number of hydrogen-bond acceptors (Lipinski definition) is 2. The van der Waals surface area contributed by atoms with Crippen LogP contribution in [0.2, 0.25) is 0 Å². The van der Waals surface area contributed by atoms with Crippen molar-refractivity contribution < 1.29 is 4.79 Å². The van der Waals surface area contributed by atoms with Crippen molar-refractivity contribution in [1.29, 1.82) is 0 Å². The molecule has 0 saturated carbocycles. The molecule has 0 saturated heterocycles. The van der Waals surface area contributed by atoms with Crippen LogP contribution in [0.3, 0.4) is 0 Å². The molecule has 0 radical (unpaired) electrons. The summed E-state index contributed by atoms with van der Waals surface area (Å²) in [7, 11) is 0. The van der Waals surface area contributed by atoms with Crippen LogP contribution in [0.15, 0.2) is 24.3 Å². The summed E-state index contributed by atoms with van der Waals surface area (Å²) in [4.78, 5) is 14.0. The number of unbranched alkanes of at least 4 members (excludes halogenated alkanes) is 1. The number of rotatable bonds is 5. The molecule has 1 amide bonds. The second-order valence-electron chi connectivity index (χ2n) is 3.86. The monoisotopic (exact) mass is 256 g/mol. The van der Waals surface area contributed by atoms with Crippen molar-refractivity contribution in [2.45, 2.75) is 26.7 Å². The van der Waals surface area contributed by atoms with Crippen LogP contribution >= 0.6 is 12.4 Å². The normalized spacial score (nSPS) is 9.53. The third-order valence-corrected chi connectivity index (χ3v) is 2.58. The van der Waals surface area contributed by atoms with Gasteiger partial charge in [0, 0.05) is 24.3 Å². The van der Waals surface area contributed by atoms with E-state index in [1.165, 1.54) is 0 Å². The summed E-state index contributed by atoms with van der Waals surface area (Å²) in [5.41, 5.74) is 6.98. The van der Waals surface area contributed by atoms with Gasteiger partial charge in [-0.3, -0.25) is 4.79 Å². The summed E-state index contributed by atoms with van der Waals surface area (Å²) in [6.07, 6.45) is 2.14. The zero-order valence-electron chi connectivity index (χ0n) is 10.5. The predicted molar refractivity (Wildman–Crippen MR) is 74.6 cm³/mol. The highest BCUT2D eigenvalue weighted by Crippen LogP contribution is 2.10. The molecular formula is C13H21ClN2O. The Balaban J connectivity index is 0.00000256. The fourth-order valence-electron chi connectivity index (χ4n) is 1.61. The molecule has 2 N–H and O–H groups in total. The fraction of sp³-hybridized carbons (Fsp3) is 0.462. The predicted octanol–water partition coefficient (Wildman–Crippen LogP) is 2.95. The van der Waals surface area contributed by atoms with E-state index >= 15 is 0 Å². The lowest BCUT2D eigenvalue weighted by Crippen LogP contribution is -2.31. The van der Waals surface area contributed by atoms with Crippen molar-refractivity contribution in [1.82, 2.24) is 4.90 Å². The first-order valence-corrected chi connectivity index (χ1v) is 5.83. The van der Waals surface area contributed by atoms with E-state index in [-0.39, 0.29) is 18.3 Å². The lowest BCUT2D eigenvalue weighted by Gasteiger charge is -2.20. The van der Waals surface area contributed by atoms with Crippen LogP contribution in [0.1, 0.15) is 37.0 Å². The first-order valence-electron chi connectivity index (χ1n) is 5.83. The molecule has 0 atom stereocenters.